The van der Waals surface area contributed by atoms with Crippen molar-refractivity contribution in [3.63, 3.8) is 0 Å². The molecule has 0 aliphatic carbocycles. The summed E-state index contributed by atoms with van der Waals surface area (Å²) in [7, 11) is 0. The van der Waals surface area contributed by atoms with Crippen LogP contribution in [0.3, 0.4) is 0 Å². The molecule has 0 saturated carbocycles. The van der Waals surface area contributed by atoms with E-state index >= 15 is 0 Å². The van der Waals surface area contributed by atoms with Crippen LogP contribution in [0.15, 0.2) is 40.8 Å². The lowest BCUT2D eigenvalue weighted by molar-refractivity contribution is 0.00320. The molecule has 4 rings (SSSR count). The number of ether oxygens (including phenoxy) is 2. The predicted molar refractivity (Wildman–Crippen MR) is 91.5 cm³/mol. The number of para-hydroxylation sites is 1. The molecule has 2 aliphatic rings. The molecule has 1 saturated heterocycles. The third-order valence-corrected chi connectivity index (χ3v) is 4.74. The van der Waals surface area contributed by atoms with Gasteiger partial charge in [0.1, 0.15) is 23.3 Å². The van der Waals surface area contributed by atoms with Crippen molar-refractivity contribution in [2.24, 2.45) is 0 Å². The first kappa shape index (κ1) is 16.0. The van der Waals surface area contributed by atoms with Gasteiger partial charge in [0.15, 0.2) is 0 Å². The highest BCUT2D eigenvalue weighted by Gasteiger charge is 2.33. The average molecular weight is 342 g/mol. The van der Waals surface area contributed by atoms with Gasteiger partial charge in [-0.25, -0.2) is 4.79 Å². The molecule has 0 bridgehead atoms. The fourth-order valence-corrected chi connectivity index (χ4v) is 3.44. The summed E-state index contributed by atoms with van der Waals surface area (Å²) in [6.07, 6.45) is 0.762. The van der Waals surface area contributed by atoms with E-state index in [1.54, 1.807) is 4.90 Å². The van der Waals surface area contributed by atoms with E-state index < -0.39 is 0 Å². The maximum absolute atomic E-state index is 12.9. The summed E-state index contributed by atoms with van der Waals surface area (Å²) in [5.41, 5.74) is 1.03. The van der Waals surface area contributed by atoms with Crippen LogP contribution in [0, 0.1) is 6.92 Å². The lowest BCUT2D eigenvalue weighted by atomic mass is 10.0. The molecule has 0 unspecified atom stereocenters. The van der Waals surface area contributed by atoms with Crippen molar-refractivity contribution in [3.8, 4) is 5.75 Å². The molecule has 1 aromatic carbocycles. The highest BCUT2D eigenvalue weighted by molar-refractivity contribution is 5.75. The van der Waals surface area contributed by atoms with E-state index in [-0.39, 0.29) is 18.1 Å². The molecule has 0 radical (unpaired) electrons. The number of hydrogen-bond donors (Lipinski definition) is 1. The van der Waals surface area contributed by atoms with Crippen LogP contribution in [0.2, 0.25) is 0 Å². The SMILES string of the molecule is Cc1ccc([C@@H]2COCCN2C(=O)N[C@H]2CCOc3ccccc32)o1. The molecular formula is C19H22N2O4. The van der Waals surface area contributed by atoms with Gasteiger partial charge in [0.25, 0.3) is 0 Å². The van der Waals surface area contributed by atoms with Crippen molar-refractivity contribution >= 4 is 6.03 Å². The number of aryl methyl sites for hydroxylation is 1. The molecule has 6 nitrogen and oxygen atoms in total. The Morgan fingerprint density at radius 1 is 1.20 bits per heavy atom. The molecule has 2 amide bonds. The van der Waals surface area contributed by atoms with E-state index in [0.29, 0.717) is 26.4 Å². The topological polar surface area (TPSA) is 63.9 Å². The predicted octanol–water partition coefficient (Wildman–Crippen LogP) is 3.19. The molecule has 2 aliphatic heterocycles. The van der Waals surface area contributed by atoms with Crippen molar-refractivity contribution in [2.75, 3.05) is 26.4 Å². The first-order valence-electron chi connectivity index (χ1n) is 8.65. The first-order valence-corrected chi connectivity index (χ1v) is 8.65. The van der Waals surface area contributed by atoms with Gasteiger partial charge < -0.3 is 24.1 Å². The summed E-state index contributed by atoms with van der Waals surface area (Å²) in [5.74, 6) is 2.44. The van der Waals surface area contributed by atoms with Gasteiger partial charge in [-0.05, 0) is 25.1 Å². The monoisotopic (exact) mass is 342 g/mol. The van der Waals surface area contributed by atoms with E-state index in [4.69, 9.17) is 13.9 Å². The van der Waals surface area contributed by atoms with Crippen LogP contribution in [0.25, 0.3) is 0 Å². The third-order valence-electron chi connectivity index (χ3n) is 4.74. The van der Waals surface area contributed by atoms with E-state index in [1.807, 2.05) is 43.3 Å². The second kappa shape index (κ2) is 6.80. The van der Waals surface area contributed by atoms with Gasteiger partial charge in [-0.15, -0.1) is 0 Å². The second-order valence-corrected chi connectivity index (χ2v) is 6.41. The van der Waals surface area contributed by atoms with Crippen LogP contribution >= 0.6 is 0 Å². The van der Waals surface area contributed by atoms with Gasteiger partial charge in [-0.3, -0.25) is 0 Å². The zero-order chi connectivity index (χ0) is 17.2. The summed E-state index contributed by atoms with van der Waals surface area (Å²) in [5, 5.41) is 3.16. The van der Waals surface area contributed by atoms with Crippen LogP contribution in [0.4, 0.5) is 4.79 Å². The van der Waals surface area contributed by atoms with Gasteiger partial charge in [0, 0.05) is 18.5 Å². The van der Waals surface area contributed by atoms with Gasteiger partial charge in [-0.1, -0.05) is 18.2 Å². The summed E-state index contributed by atoms with van der Waals surface area (Å²) in [6, 6.07) is 11.4. The number of carbonyl (C=O) groups is 1. The standard InChI is InChI=1S/C19H22N2O4/c1-13-6-7-18(25-13)16-12-23-11-9-21(16)19(22)20-15-8-10-24-17-5-3-2-4-14(15)17/h2-7,15-16H,8-12H2,1H3,(H,20,22)/t15-,16-/m0/s1. The molecule has 132 valence electrons. The first-order chi connectivity index (χ1) is 12.2. The molecule has 25 heavy (non-hydrogen) atoms. The molecule has 3 heterocycles. The number of carbonyl (C=O) groups excluding carboxylic acids is 1. The van der Waals surface area contributed by atoms with E-state index in [2.05, 4.69) is 5.32 Å². The Bertz CT molecular complexity index is 757. The Labute approximate surface area is 146 Å². The Morgan fingerprint density at radius 3 is 2.92 bits per heavy atom. The van der Waals surface area contributed by atoms with Crippen LogP contribution in [-0.2, 0) is 4.74 Å². The molecule has 1 N–H and O–H groups in total. The van der Waals surface area contributed by atoms with Crippen molar-refractivity contribution in [1.82, 2.24) is 10.2 Å². The van der Waals surface area contributed by atoms with Gasteiger partial charge >= 0.3 is 6.03 Å². The lowest BCUT2D eigenvalue weighted by Crippen LogP contribution is -2.49. The third kappa shape index (κ3) is 3.22. The summed E-state index contributed by atoms with van der Waals surface area (Å²) in [4.78, 5) is 14.7. The minimum Gasteiger partial charge on any atom is -0.493 e. The summed E-state index contributed by atoms with van der Waals surface area (Å²) >= 11 is 0. The van der Waals surface area contributed by atoms with E-state index in [9.17, 15) is 4.79 Å². The van der Waals surface area contributed by atoms with Crippen molar-refractivity contribution in [1.29, 1.82) is 0 Å². The van der Waals surface area contributed by atoms with Crippen LogP contribution in [0.5, 0.6) is 5.75 Å². The van der Waals surface area contributed by atoms with Crippen molar-refractivity contribution in [3.05, 3.63) is 53.5 Å². The van der Waals surface area contributed by atoms with Crippen molar-refractivity contribution in [2.45, 2.75) is 25.4 Å². The minimum atomic E-state index is -0.197. The second-order valence-electron chi connectivity index (χ2n) is 6.41. The zero-order valence-electron chi connectivity index (χ0n) is 14.2. The smallest absolute Gasteiger partial charge is 0.318 e. The summed E-state index contributed by atoms with van der Waals surface area (Å²) < 4.78 is 17.0. The lowest BCUT2D eigenvalue weighted by Gasteiger charge is -2.36. The van der Waals surface area contributed by atoms with E-state index in [1.165, 1.54) is 0 Å². The number of morpholine rings is 1. The highest BCUT2D eigenvalue weighted by atomic mass is 16.5. The Kier molecular flexibility index (Phi) is 4.36. The molecule has 1 fully saturated rings. The molecule has 1 aromatic heterocycles. The van der Waals surface area contributed by atoms with Crippen molar-refractivity contribution < 1.29 is 18.7 Å². The quantitative estimate of drug-likeness (QED) is 0.910. The number of amides is 2. The maximum atomic E-state index is 12.9. The normalized spacial score (nSPS) is 22.8. The summed E-state index contributed by atoms with van der Waals surface area (Å²) in [6.45, 7) is 4.03. The fraction of sp³-hybridized carbons (Fsp3) is 0.421. The molecule has 2 atom stereocenters. The van der Waals surface area contributed by atoms with Gasteiger partial charge in [0.05, 0.1) is 25.9 Å². The Morgan fingerprint density at radius 2 is 2.08 bits per heavy atom. The van der Waals surface area contributed by atoms with Crippen LogP contribution < -0.4 is 10.1 Å². The largest absolute Gasteiger partial charge is 0.493 e. The van der Waals surface area contributed by atoms with Gasteiger partial charge in [-0.2, -0.15) is 0 Å². The number of nitrogens with one attached hydrogen (secondary N) is 1. The minimum absolute atomic E-state index is 0.0423. The number of nitrogens with zero attached hydrogens (tertiary/aromatic N) is 1. The maximum Gasteiger partial charge on any atom is 0.318 e. The molecule has 2 aromatic rings. The Balaban J connectivity index is 1.52. The van der Waals surface area contributed by atoms with E-state index in [0.717, 1.165) is 29.3 Å². The van der Waals surface area contributed by atoms with Gasteiger partial charge in [0.2, 0.25) is 0 Å². The molecule has 0 spiro atoms. The van der Waals surface area contributed by atoms with Crippen LogP contribution in [-0.4, -0.2) is 37.3 Å². The number of rotatable bonds is 2. The average Bonchev–Trinajstić information content (AvgIpc) is 3.08. The highest BCUT2D eigenvalue weighted by Crippen LogP contribution is 2.32. The van der Waals surface area contributed by atoms with Crippen LogP contribution in [0.1, 0.15) is 35.6 Å². The number of hydrogen-bond acceptors (Lipinski definition) is 4. The molecular weight excluding hydrogens is 320 g/mol. The zero-order valence-corrected chi connectivity index (χ0v) is 14.2. The number of furan rings is 1. The fourth-order valence-electron chi connectivity index (χ4n) is 3.44. The Hall–Kier alpha value is -2.47. The number of urea groups is 1. The molecule has 6 heteroatoms. The number of benzene rings is 1. The number of fused-ring (bicyclic) bond motifs is 1.